The van der Waals surface area contributed by atoms with Crippen molar-refractivity contribution >= 4 is 11.9 Å². The number of esters is 2. The average Bonchev–Trinajstić information content (AvgIpc) is 2.48. The zero-order valence-corrected chi connectivity index (χ0v) is 12.3. The molecule has 0 N–H and O–H groups in total. The molecule has 0 heterocycles. The summed E-state index contributed by atoms with van der Waals surface area (Å²) in [6.45, 7) is 4.26. The first-order valence-corrected chi connectivity index (χ1v) is 6.98. The second kappa shape index (κ2) is 8.35. The number of hydrogen-bond acceptors (Lipinski definition) is 4. The van der Waals surface area contributed by atoms with Gasteiger partial charge < -0.3 is 9.47 Å². The van der Waals surface area contributed by atoms with Crippen LogP contribution >= 0.6 is 0 Å². The van der Waals surface area contributed by atoms with Crippen LogP contribution in [0.25, 0.3) is 0 Å². The SMILES string of the molecule is CCCCC(C(=O)OCC)c1ccc(C(=O)OC)cc1. The highest BCUT2D eigenvalue weighted by atomic mass is 16.5. The highest BCUT2D eigenvalue weighted by molar-refractivity contribution is 5.89. The summed E-state index contributed by atoms with van der Waals surface area (Å²) in [5.74, 6) is -0.842. The fourth-order valence-corrected chi connectivity index (χ4v) is 2.04. The van der Waals surface area contributed by atoms with Crippen molar-refractivity contribution in [2.75, 3.05) is 13.7 Å². The molecule has 4 nitrogen and oxygen atoms in total. The standard InChI is InChI=1S/C16H22O4/c1-4-6-7-14(16(18)20-5-2)12-8-10-13(11-9-12)15(17)19-3/h8-11,14H,4-7H2,1-3H3. The molecule has 0 aliphatic carbocycles. The molecule has 0 aliphatic heterocycles. The second-order valence-electron chi connectivity index (χ2n) is 4.56. The van der Waals surface area contributed by atoms with E-state index in [1.54, 1.807) is 31.2 Å². The van der Waals surface area contributed by atoms with E-state index in [0.717, 1.165) is 24.8 Å². The smallest absolute Gasteiger partial charge is 0.337 e. The van der Waals surface area contributed by atoms with Crippen LogP contribution in [0.4, 0.5) is 0 Å². The minimum atomic E-state index is -0.377. The van der Waals surface area contributed by atoms with E-state index in [2.05, 4.69) is 11.7 Å². The maximum Gasteiger partial charge on any atom is 0.337 e. The molecule has 0 spiro atoms. The van der Waals surface area contributed by atoms with E-state index in [1.165, 1.54) is 7.11 Å². The molecule has 1 aromatic rings. The first-order valence-electron chi connectivity index (χ1n) is 6.98. The molecular weight excluding hydrogens is 256 g/mol. The Morgan fingerprint density at radius 1 is 1.15 bits per heavy atom. The van der Waals surface area contributed by atoms with E-state index in [9.17, 15) is 9.59 Å². The van der Waals surface area contributed by atoms with Gasteiger partial charge in [-0.3, -0.25) is 4.79 Å². The Balaban J connectivity index is 2.89. The van der Waals surface area contributed by atoms with Crippen molar-refractivity contribution in [3.05, 3.63) is 35.4 Å². The quantitative estimate of drug-likeness (QED) is 0.718. The van der Waals surface area contributed by atoms with Crippen molar-refractivity contribution in [3.63, 3.8) is 0 Å². The van der Waals surface area contributed by atoms with Crippen LogP contribution in [0.15, 0.2) is 24.3 Å². The van der Waals surface area contributed by atoms with Crippen molar-refractivity contribution in [3.8, 4) is 0 Å². The van der Waals surface area contributed by atoms with Crippen LogP contribution in [0, 0.1) is 0 Å². The van der Waals surface area contributed by atoms with Gasteiger partial charge in [-0.2, -0.15) is 0 Å². The largest absolute Gasteiger partial charge is 0.466 e. The fourth-order valence-electron chi connectivity index (χ4n) is 2.04. The third-order valence-corrected chi connectivity index (χ3v) is 3.15. The summed E-state index contributed by atoms with van der Waals surface area (Å²) < 4.78 is 9.78. The maximum atomic E-state index is 12.0. The number of hydrogen-bond donors (Lipinski definition) is 0. The molecule has 0 aromatic heterocycles. The lowest BCUT2D eigenvalue weighted by atomic mass is 9.93. The fraction of sp³-hybridized carbons (Fsp3) is 0.500. The molecule has 0 radical (unpaired) electrons. The van der Waals surface area contributed by atoms with Gasteiger partial charge in [-0.25, -0.2) is 4.79 Å². The number of carbonyl (C=O) groups excluding carboxylic acids is 2. The normalized spacial score (nSPS) is 11.8. The molecule has 0 bridgehead atoms. The topological polar surface area (TPSA) is 52.6 Å². The van der Waals surface area contributed by atoms with Crippen LogP contribution in [0.1, 0.15) is 54.9 Å². The van der Waals surface area contributed by atoms with Crippen molar-refractivity contribution in [2.24, 2.45) is 0 Å². The van der Waals surface area contributed by atoms with Gasteiger partial charge in [-0.15, -0.1) is 0 Å². The van der Waals surface area contributed by atoms with E-state index in [0.29, 0.717) is 12.2 Å². The lowest BCUT2D eigenvalue weighted by molar-refractivity contribution is -0.145. The van der Waals surface area contributed by atoms with Gasteiger partial charge in [0.25, 0.3) is 0 Å². The summed E-state index contributed by atoms with van der Waals surface area (Å²) in [6, 6.07) is 6.95. The Bertz CT molecular complexity index is 436. The van der Waals surface area contributed by atoms with Crippen molar-refractivity contribution in [1.29, 1.82) is 0 Å². The Hall–Kier alpha value is -1.84. The lowest BCUT2D eigenvalue weighted by Gasteiger charge is -2.16. The average molecular weight is 278 g/mol. The number of methoxy groups -OCH3 is 1. The van der Waals surface area contributed by atoms with Gasteiger partial charge in [0.1, 0.15) is 0 Å². The van der Waals surface area contributed by atoms with Gasteiger partial charge in [0, 0.05) is 0 Å². The molecule has 1 aromatic carbocycles. The molecule has 0 amide bonds. The molecule has 0 saturated heterocycles. The van der Waals surface area contributed by atoms with Crippen molar-refractivity contribution in [2.45, 2.75) is 39.0 Å². The molecular formula is C16H22O4. The Kier molecular flexibility index (Phi) is 6.77. The Labute approximate surface area is 120 Å². The number of benzene rings is 1. The summed E-state index contributed by atoms with van der Waals surface area (Å²) >= 11 is 0. The van der Waals surface area contributed by atoms with Gasteiger partial charge >= 0.3 is 11.9 Å². The Morgan fingerprint density at radius 2 is 1.80 bits per heavy atom. The minimum Gasteiger partial charge on any atom is -0.466 e. The van der Waals surface area contributed by atoms with Crippen LogP contribution < -0.4 is 0 Å². The minimum absolute atomic E-state index is 0.202. The van der Waals surface area contributed by atoms with Gasteiger partial charge in [0.05, 0.1) is 25.2 Å². The van der Waals surface area contributed by atoms with Gasteiger partial charge in [0.2, 0.25) is 0 Å². The van der Waals surface area contributed by atoms with Crippen molar-refractivity contribution in [1.82, 2.24) is 0 Å². The van der Waals surface area contributed by atoms with Crippen molar-refractivity contribution < 1.29 is 19.1 Å². The number of ether oxygens (including phenoxy) is 2. The summed E-state index contributed by atoms with van der Waals surface area (Å²) in [6.07, 6.45) is 2.74. The first kappa shape index (κ1) is 16.2. The number of carbonyl (C=O) groups is 2. The third kappa shape index (κ3) is 4.37. The van der Waals surface area contributed by atoms with Gasteiger partial charge in [-0.1, -0.05) is 31.9 Å². The number of unbranched alkanes of at least 4 members (excludes halogenated alkanes) is 1. The molecule has 1 rings (SSSR count). The second-order valence-corrected chi connectivity index (χ2v) is 4.56. The van der Waals surface area contributed by atoms with Gasteiger partial charge in [-0.05, 0) is 31.0 Å². The monoisotopic (exact) mass is 278 g/mol. The molecule has 110 valence electrons. The van der Waals surface area contributed by atoms with E-state index < -0.39 is 0 Å². The van der Waals surface area contributed by atoms with E-state index >= 15 is 0 Å². The van der Waals surface area contributed by atoms with Crippen LogP contribution in [0.5, 0.6) is 0 Å². The zero-order valence-electron chi connectivity index (χ0n) is 12.3. The summed E-state index contributed by atoms with van der Waals surface area (Å²) in [5, 5.41) is 0. The zero-order chi connectivity index (χ0) is 15.0. The van der Waals surface area contributed by atoms with E-state index in [-0.39, 0.29) is 17.9 Å². The number of rotatable bonds is 7. The van der Waals surface area contributed by atoms with Crippen LogP contribution in [0.2, 0.25) is 0 Å². The maximum absolute atomic E-state index is 12.0. The lowest BCUT2D eigenvalue weighted by Crippen LogP contribution is -2.16. The van der Waals surface area contributed by atoms with E-state index in [1.807, 2.05) is 0 Å². The van der Waals surface area contributed by atoms with Gasteiger partial charge in [0.15, 0.2) is 0 Å². The molecule has 1 unspecified atom stereocenters. The molecule has 0 fully saturated rings. The predicted molar refractivity (Wildman–Crippen MR) is 76.7 cm³/mol. The first-order chi connectivity index (χ1) is 9.63. The molecule has 1 atom stereocenters. The van der Waals surface area contributed by atoms with Crippen LogP contribution in [-0.2, 0) is 14.3 Å². The highest BCUT2D eigenvalue weighted by Crippen LogP contribution is 2.24. The van der Waals surface area contributed by atoms with Crippen LogP contribution in [-0.4, -0.2) is 25.7 Å². The highest BCUT2D eigenvalue weighted by Gasteiger charge is 2.21. The summed E-state index contributed by atoms with van der Waals surface area (Å²) in [7, 11) is 1.35. The molecule has 4 heteroatoms. The van der Waals surface area contributed by atoms with Crippen LogP contribution in [0.3, 0.4) is 0 Å². The summed E-state index contributed by atoms with van der Waals surface area (Å²) in [4.78, 5) is 23.4. The third-order valence-electron chi connectivity index (χ3n) is 3.15. The molecule has 0 saturated carbocycles. The Morgan fingerprint density at radius 3 is 2.30 bits per heavy atom. The summed E-state index contributed by atoms with van der Waals surface area (Å²) in [5.41, 5.74) is 1.36. The van der Waals surface area contributed by atoms with E-state index in [4.69, 9.17) is 4.74 Å². The predicted octanol–water partition coefficient (Wildman–Crippen LogP) is 3.31. The molecule has 0 aliphatic rings. The molecule has 20 heavy (non-hydrogen) atoms.